The molecule has 0 saturated carbocycles. The molecule has 0 aromatic heterocycles. The topological polar surface area (TPSA) is 59.1 Å². The summed E-state index contributed by atoms with van der Waals surface area (Å²) in [6.07, 6.45) is 0. The molecule has 31 heavy (non-hydrogen) atoms. The Bertz CT molecular complexity index is 1100. The van der Waals surface area contributed by atoms with Crippen molar-refractivity contribution in [2.24, 2.45) is 0 Å². The van der Waals surface area contributed by atoms with Gasteiger partial charge in [0, 0.05) is 5.69 Å². The van der Waals surface area contributed by atoms with Crippen LogP contribution >= 0.6 is 0 Å². The second kappa shape index (κ2) is 8.47. The number of hydrogen-bond donors (Lipinski definition) is 0. The highest BCUT2D eigenvalue weighted by Gasteiger charge is 2.42. The van der Waals surface area contributed by atoms with Gasteiger partial charge >= 0.3 is 0 Å². The number of methoxy groups -OCH3 is 2. The molecule has 0 spiro atoms. The maximum Gasteiger partial charge on any atom is 0.255 e. The normalized spacial score (nSPS) is 16.4. The molecular weight excluding hydrogens is 399 g/mol. The molecular formula is C24H21FN2O4. The molecule has 0 bridgehead atoms. The fraction of sp³-hybridized carbons (Fsp3) is 0.167. The molecule has 1 aliphatic heterocycles. The second-order valence-corrected chi connectivity index (χ2v) is 7.01. The maximum atomic E-state index is 14.5. The number of carbonyl (C=O) groups excluding carboxylic acids is 2. The molecule has 0 aliphatic carbocycles. The van der Waals surface area contributed by atoms with E-state index in [0.29, 0.717) is 22.7 Å². The van der Waals surface area contributed by atoms with Crippen LogP contribution in [0.25, 0.3) is 0 Å². The molecule has 1 atom stereocenters. The zero-order valence-corrected chi connectivity index (χ0v) is 17.1. The first-order valence-electron chi connectivity index (χ1n) is 9.69. The number of ether oxygens (including phenoxy) is 2. The number of nitrogens with zero attached hydrogens (tertiary/aromatic N) is 2. The Labute approximate surface area is 179 Å². The molecule has 158 valence electrons. The third kappa shape index (κ3) is 3.82. The Hall–Kier alpha value is -3.87. The van der Waals surface area contributed by atoms with E-state index in [2.05, 4.69) is 0 Å². The van der Waals surface area contributed by atoms with Crippen LogP contribution in [0.15, 0.2) is 72.8 Å². The molecule has 1 heterocycles. The quantitative estimate of drug-likeness (QED) is 0.627. The van der Waals surface area contributed by atoms with E-state index in [-0.39, 0.29) is 18.1 Å². The molecule has 2 amide bonds. The predicted octanol–water partition coefficient (Wildman–Crippen LogP) is 3.96. The summed E-state index contributed by atoms with van der Waals surface area (Å²) in [4.78, 5) is 29.5. The Morgan fingerprint density at radius 3 is 2.00 bits per heavy atom. The van der Waals surface area contributed by atoms with Gasteiger partial charge in [-0.3, -0.25) is 19.4 Å². The third-order valence-corrected chi connectivity index (χ3v) is 5.25. The number of rotatable bonds is 5. The average Bonchev–Trinajstić information content (AvgIpc) is 2.81. The van der Waals surface area contributed by atoms with E-state index < -0.39 is 17.8 Å². The van der Waals surface area contributed by atoms with Gasteiger partial charge in [-0.15, -0.1) is 0 Å². The number of hydrogen-bond acceptors (Lipinski definition) is 4. The van der Waals surface area contributed by atoms with Crippen LogP contribution in [0, 0.1) is 5.82 Å². The van der Waals surface area contributed by atoms with Gasteiger partial charge in [-0.2, -0.15) is 0 Å². The lowest BCUT2D eigenvalue weighted by molar-refractivity contribution is -0.128. The number of carbonyl (C=O) groups is 2. The summed E-state index contributed by atoms with van der Waals surface area (Å²) in [6.45, 7) is -0.265. The van der Waals surface area contributed by atoms with Crippen molar-refractivity contribution in [3.8, 4) is 11.5 Å². The molecule has 7 heteroatoms. The predicted molar refractivity (Wildman–Crippen MR) is 115 cm³/mol. The summed E-state index contributed by atoms with van der Waals surface area (Å²) >= 11 is 0. The van der Waals surface area contributed by atoms with E-state index in [4.69, 9.17) is 9.47 Å². The lowest BCUT2D eigenvalue weighted by Gasteiger charge is -2.40. The van der Waals surface area contributed by atoms with Gasteiger partial charge in [0.1, 0.15) is 29.9 Å². The smallest absolute Gasteiger partial charge is 0.255 e. The van der Waals surface area contributed by atoms with Gasteiger partial charge in [-0.1, -0.05) is 24.3 Å². The molecule has 0 N–H and O–H groups in total. The van der Waals surface area contributed by atoms with E-state index in [1.54, 1.807) is 74.9 Å². The van der Waals surface area contributed by atoms with Crippen molar-refractivity contribution in [2.45, 2.75) is 6.04 Å². The fourth-order valence-corrected chi connectivity index (χ4v) is 3.68. The highest BCUT2D eigenvalue weighted by atomic mass is 19.1. The van der Waals surface area contributed by atoms with Gasteiger partial charge in [0.05, 0.1) is 19.9 Å². The minimum absolute atomic E-state index is 0.0775. The first kappa shape index (κ1) is 20.4. The zero-order valence-electron chi connectivity index (χ0n) is 17.1. The van der Waals surface area contributed by atoms with Crippen molar-refractivity contribution in [2.75, 3.05) is 30.6 Å². The summed E-state index contributed by atoms with van der Waals surface area (Å²) in [5.74, 6) is -0.0247. The van der Waals surface area contributed by atoms with E-state index in [1.807, 2.05) is 0 Å². The van der Waals surface area contributed by atoms with Crippen LogP contribution in [0.1, 0.15) is 11.6 Å². The molecule has 0 radical (unpaired) electrons. The van der Waals surface area contributed by atoms with E-state index >= 15 is 0 Å². The van der Waals surface area contributed by atoms with Gasteiger partial charge < -0.3 is 9.47 Å². The number of halogens is 1. The van der Waals surface area contributed by atoms with Crippen LogP contribution in [-0.2, 0) is 9.59 Å². The van der Waals surface area contributed by atoms with Gasteiger partial charge in [0.25, 0.3) is 5.91 Å². The SMILES string of the molecule is COc1ccc([C@H]2C(=O)N(c3ccccc3F)CC(=O)N2c2ccc(OC)cc2)cc1. The van der Waals surface area contributed by atoms with Crippen LogP contribution in [0.3, 0.4) is 0 Å². The Morgan fingerprint density at radius 2 is 1.42 bits per heavy atom. The van der Waals surface area contributed by atoms with Crippen molar-refractivity contribution >= 4 is 23.2 Å². The highest BCUT2D eigenvalue weighted by molar-refractivity contribution is 6.14. The fourth-order valence-electron chi connectivity index (χ4n) is 3.68. The number of para-hydroxylation sites is 1. The number of anilines is 2. The second-order valence-electron chi connectivity index (χ2n) is 7.01. The Kier molecular flexibility index (Phi) is 5.58. The van der Waals surface area contributed by atoms with Crippen LogP contribution in [0.5, 0.6) is 11.5 Å². The molecule has 1 aliphatic rings. The first-order valence-corrected chi connectivity index (χ1v) is 9.69. The van der Waals surface area contributed by atoms with Crippen molar-refractivity contribution < 1.29 is 23.5 Å². The van der Waals surface area contributed by atoms with Crippen LogP contribution in [0.4, 0.5) is 15.8 Å². The Balaban J connectivity index is 1.80. The average molecular weight is 420 g/mol. The summed E-state index contributed by atoms with van der Waals surface area (Å²) in [5, 5.41) is 0. The number of amides is 2. The molecule has 0 unspecified atom stereocenters. The summed E-state index contributed by atoms with van der Waals surface area (Å²) < 4.78 is 24.9. The largest absolute Gasteiger partial charge is 0.497 e. The lowest BCUT2D eigenvalue weighted by atomic mass is 9.99. The molecule has 3 aromatic rings. The van der Waals surface area contributed by atoms with E-state index in [9.17, 15) is 14.0 Å². The van der Waals surface area contributed by atoms with Gasteiger partial charge in [0.2, 0.25) is 5.91 Å². The summed E-state index contributed by atoms with van der Waals surface area (Å²) in [6, 6.07) is 18.8. The van der Waals surface area contributed by atoms with Crippen molar-refractivity contribution in [1.29, 1.82) is 0 Å². The molecule has 6 nitrogen and oxygen atoms in total. The molecule has 1 saturated heterocycles. The van der Waals surface area contributed by atoms with Crippen molar-refractivity contribution in [3.05, 3.63) is 84.2 Å². The molecule has 4 rings (SSSR count). The first-order chi connectivity index (χ1) is 15.0. The summed E-state index contributed by atoms with van der Waals surface area (Å²) in [7, 11) is 3.10. The van der Waals surface area contributed by atoms with Crippen LogP contribution < -0.4 is 19.3 Å². The Morgan fingerprint density at radius 1 is 0.839 bits per heavy atom. The highest BCUT2D eigenvalue weighted by Crippen LogP contribution is 2.36. The minimum Gasteiger partial charge on any atom is -0.497 e. The standard InChI is InChI=1S/C24H21FN2O4/c1-30-18-11-7-16(8-12-18)23-24(29)26(21-6-4-3-5-20(21)25)15-22(28)27(23)17-9-13-19(31-2)14-10-17/h3-14,23H,15H2,1-2H3/t23-/m0/s1. The van der Waals surface area contributed by atoms with Crippen LogP contribution in [0.2, 0.25) is 0 Å². The number of benzene rings is 3. The van der Waals surface area contributed by atoms with Crippen molar-refractivity contribution in [1.82, 2.24) is 0 Å². The lowest BCUT2D eigenvalue weighted by Crippen LogP contribution is -2.56. The van der Waals surface area contributed by atoms with Crippen LogP contribution in [-0.4, -0.2) is 32.6 Å². The molecule has 1 fully saturated rings. The zero-order chi connectivity index (χ0) is 22.0. The van der Waals surface area contributed by atoms with Crippen molar-refractivity contribution in [3.63, 3.8) is 0 Å². The van der Waals surface area contributed by atoms with E-state index in [1.165, 1.54) is 21.9 Å². The maximum absolute atomic E-state index is 14.5. The van der Waals surface area contributed by atoms with E-state index in [0.717, 1.165) is 0 Å². The number of piperazine rings is 1. The van der Waals surface area contributed by atoms with Gasteiger partial charge in [-0.05, 0) is 54.1 Å². The monoisotopic (exact) mass is 420 g/mol. The van der Waals surface area contributed by atoms with Gasteiger partial charge in [0.15, 0.2) is 0 Å². The summed E-state index contributed by atoms with van der Waals surface area (Å²) in [5.41, 5.74) is 1.22. The molecule has 3 aromatic carbocycles. The third-order valence-electron chi connectivity index (χ3n) is 5.25. The van der Waals surface area contributed by atoms with Gasteiger partial charge in [-0.25, -0.2) is 4.39 Å². The minimum atomic E-state index is -0.958.